The first-order valence-corrected chi connectivity index (χ1v) is 11.4. The van der Waals surface area contributed by atoms with Crippen LogP contribution in [0, 0.1) is 20.8 Å². The van der Waals surface area contributed by atoms with E-state index in [4.69, 9.17) is 4.74 Å². The van der Waals surface area contributed by atoms with Crippen LogP contribution in [0.5, 0.6) is 5.88 Å². The molecule has 3 aromatic heterocycles. The summed E-state index contributed by atoms with van der Waals surface area (Å²) in [6, 6.07) is 6.10. The van der Waals surface area contributed by atoms with Gasteiger partial charge in [-0.3, -0.25) is 4.98 Å². The van der Waals surface area contributed by atoms with Crippen LogP contribution in [0.3, 0.4) is 0 Å². The van der Waals surface area contributed by atoms with Gasteiger partial charge in [0.2, 0.25) is 5.88 Å². The second-order valence-corrected chi connectivity index (χ2v) is 9.42. The highest BCUT2D eigenvalue weighted by atomic mass is 79.9. The van der Waals surface area contributed by atoms with Gasteiger partial charge >= 0.3 is 0 Å². The Morgan fingerprint density at radius 3 is 2.76 bits per heavy atom. The number of halogens is 1. The van der Waals surface area contributed by atoms with Gasteiger partial charge in [-0.05, 0) is 68.1 Å². The van der Waals surface area contributed by atoms with Crippen LogP contribution in [0.15, 0.2) is 28.9 Å². The van der Waals surface area contributed by atoms with E-state index in [-0.39, 0.29) is 6.10 Å². The first-order valence-electron chi connectivity index (χ1n) is 9.78. The molecule has 1 aliphatic carbocycles. The zero-order chi connectivity index (χ0) is 20.4. The molecule has 0 aliphatic heterocycles. The zero-order valence-electron chi connectivity index (χ0n) is 16.8. The number of rotatable bonds is 6. The number of aromatic nitrogens is 4. The standard InChI is InChI=1S/C21H24BrN5OS/c1-12-18(29-14(3)25-12)11-24-20-19(22)21(27-13(2)26-20)28-16-8-7-15(10-16)17-6-4-5-9-23-17/h4-6,9,15-16H,7-8,10-11H2,1-3H3,(H,24,26,27)/t15-,16?/m0/s1. The third kappa shape index (κ3) is 4.75. The van der Waals surface area contributed by atoms with Gasteiger partial charge in [-0.1, -0.05) is 6.07 Å². The van der Waals surface area contributed by atoms with Gasteiger partial charge in [0.25, 0.3) is 0 Å². The number of hydrogen-bond donors (Lipinski definition) is 1. The summed E-state index contributed by atoms with van der Waals surface area (Å²) in [6.07, 6.45) is 5.02. The molecule has 1 aliphatic rings. The Hall–Kier alpha value is -2.06. The van der Waals surface area contributed by atoms with Crippen LogP contribution in [-0.4, -0.2) is 26.0 Å². The van der Waals surface area contributed by atoms with Gasteiger partial charge in [-0.2, -0.15) is 4.98 Å². The average Bonchev–Trinajstić information content (AvgIpc) is 3.29. The van der Waals surface area contributed by atoms with Crippen LogP contribution >= 0.6 is 27.3 Å². The quantitative estimate of drug-likeness (QED) is 0.520. The number of nitrogens with one attached hydrogen (secondary N) is 1. The lowest BCUT2D eigenvalue weighted by molar-refractivity contribution is 0.197. The van der Waals surface area contributed by atoms with E-state index in [0.29, 0.717) is 24.2 Å². The molecule has 0 spiro atoms. The maximum atomic E-state index is 6.28. The molecule has 0 aromatic carbocycles. The van der Waals surface area contributed by atoms with Crippen molar-refractivity contribution in [3.05, 3.63) is 56.0 Å². The minimum atomic E-state index is 0.131. The van der Waals surface area contributed by atoms with E-state index < -0.39 is 0 Å². The van der Waals surface area contributed by atoms with Crippen LogP contribution in [0.4, 0.5) is 5.82 Å². The summed E-state index contributed by atoms with van der Waals surface area (Å²) in [5.74, 6) is 2.47. The highest BCUT2D eigenvalue weighted by molar-refractivity contribution is 9.10. The van der Waals surface area contributed by atoms with Crippen molar-refractivity contribution in [3.8, 4) is 5.88 Å². The fourth-order valence-electron chi connectivity index (χ4n) is 3.72. The predicted octanol–water partition coefficient (Wildman–Crippen LogP) is 5.34. The van der Waals surface area contributed by atoms with Crippen molar-refractivity contribution in [1.82, 2.24) is 19.9 Å². The molecule has 0 saturated heterocycles. The van der Waals surface area contributed by atoms with Crippen molar-refractivity contribution >= 4 is 33.1 Å². The Morgan fingerprint density at radius 1 is 1.17 bits per heavy atom. The first kappa shape index (κ1) is 20.2. The van der Waals surface area contributed by atoms with Gasteiger partial charge < -0.3 is 10.1 Å². The summed E-state index contributed by atoms with van der Waals surface area (Å²) in [7, 11) is 0. The number of hydrogen-bond acceptors (Lipinski definition) is 7. The second-order valence-electron chi connectivity index (χ2n) is 7.34. The fourth-order valence-corrected chi connectivity index (χ4v) is 5.01. The average molecular weight is 474 g/mol. The molecular formula is C21H24BrN5OS. The van der Waals surface area contributed by atoms with Crippen molar-refractivity contribution in [1.29, 1.82) is 0 Å². The van der Waals surface area contributed by atoms with E-state index in [0.717, 1.165) is 45.9 Å². The number of anilines is 1. The van der Waals surface area contributed by atoms with Crippen LogP contribution in [0.25, 0.3) is 0 Å². The molecule has 3 heterocycles. The number of thiazole rings is 1. The maximum absolute atomic E-state index is 6.28. The molecule has 1 N–H and O–H groups in total. The lowest BCUT2D eigenvalue weighted by Crippen LogP contribution is -2.15. The summed E-state index contributed by atoms with van der Waals surface area (Å²) in [4.78, 5) is 19.3. The second kappa shape index (κ2) is 8.75. The Morgan fingerprint density at radius 2 is 2.03 bits per heavy atom. The Balaban J connectivity index is 1.45. The normalized spacial score (nSPS) is 18.8. The molecule has 1 saturated carbocycles. The van der Waals surface area contributed by atoms with Crippen molar-refractivity contribution < 1.29 is 4.74 Å². The molecule has 29 heavy (non-hydrogen) atoms. The van der Waals surface area contributed by atoms with Crippen molar-refractivity contribution in [2.75, 3.05) is 5.32 Å². The largest absolute Gasteiger partial charge is 0.473 e. The van der Waals surface area contributed by atoms with Crippen LogP contribution in [-0.2, 0) is 6.54 Å². The predicted molar refractivity (Wildman–Crippen MR) is 119 cm³/mol. The van der Waals surface area contributed by atoms with E-state index >= 15 is 0 Å². The highest BCUT2D eigenvalue weighted by Gasteiger charge is 2.29. The molecule has 1 fully saturated rings. The summed E-state index contributed by atoms with van der Waals surface area (Å²) in [5, 5.41) is 4.48. The summed E-state index contributed by atoms with van der Waals surface area (Å²) < 4.78 is 7.05. The van der Waals surface area contributed by atoms with Gasteiger partial charge in [0.15, 0.2) is 0 Å². The van der Waals surface area contributed by atoms with E-state index in [9.17, 15) is 0 Å². The van der Waals surface area contributed by atoms with E-state index in [1.807, 2.05) is 39.1 Å². The Bertz CT molecular complexity index is 994. The van der Waals surface area contributed by atoms with Crippen LogP contribution in [0.1, 0.15) is 52.3 Å². The van der Waals surface area contributed by atoms with E-state index in [1.54, 1.807) is 11.3 Å². The highest BCUT2D eigenvalue weighted by Crippen LogP contribution is 2.38. The molecule has 3 aromatic rings. The summed E-state index contributed by atoms with van der Waals surface area (Å²) in [6.45, 7) is 6.63. The minimum Gasteiger partial charge on any atom is -0.473 e. The lowest BCUT2D eigenvalue weighted by atomic mass is 10.0. The number of aryl methyl sites for hydroxylation is 3. The SMILES string of the molecule is Cc1nc(NCc2sc(C)nc2C)c(Br)c(OC2CC[C@H](c3ccccn3)C2)n1. The molecular weight excluding hydrogens is 450 g/mol. The van der Waals surface area contributed by atoms with Crippen LogP contribution in [0.2, 0.25) is 0 Å². The number of nitrogens with zero attached hydrogens (tertiary/aromatic N) is 4. The molecule has 0 radical (unpaired) electrons. The maximum Gasteiger partial charge on any atom is 0.233 e. The van der Waals surface area contributed by atoms with E-state index in [1.165, 1.54) is 4.88 Å². The number of ether oxygens (including phenoxy) is 1. The third-order valence-corrected chi connectivity index (χ3v) is 6.91. The molecule has 8 heteroatoms. The lowest BCUT2D eigenvalue weighted by Gasteiger charge is -2.17. The van der Waals surface area contributed by atoms with Gasteiger partial charge in [-0.25, -0.2) is 9.97 Å². The monoisotopic (exact) mass is 473 g/mol. The van der Waals surface area contributed by atoms with Gasteiger partial charge in [0, 0.05) is 22.7 Å². The topological polar surface area (TPSA) is 72.8 Å². The summed E-state index contributed by atoms with van der Waals surface area (Å²) in [5.41, 5.74) is 2.21. The molecule has 6 nitrogen and oxygen atoms in total. The van der Waals surface area contributed by atoms with Gasteiger partial charge in [0.05, 0.1) is 17.2 Å². The zero-order valence-corrected chi connectivity index (χ0v) is 19.2. The van der Waals surface area contributed by atoms with Crippen molar-refractivity contribution in [2.45, 2.75) is 58.6 Å². The Kier molecular flexibility index (Phi) is 6.10. The van der Waals surface area contributed by atoms with Crippen LogP contribution < -0.4 is 10.1 Å². The number of pyridine rings is 1. The molecule has 0 amide bonds. The molecule has 2 atom stereocenters. The first-order chi connectivity index (χ1) is 14.0. The van der Waals surface area contributed by atoms with E-state index in [2.05, 4.69) is 47.2 Å². The van der Waals surface area contributed by atoms with Crippen molar-refractivity contribution in [2.24, 2.45) is 0 Å². The van der Waals surface area contributed by atoms with Crippen molar-refractivity contribution in [3.63, 3.8) is 0 Å². The minimum absolute atomic E-state index is 0.131. The van der Waals surface area contributed by atoms with Gasteiger partial charge in [0.1, 0.15) is 22.2 Å². The summed E-state index contributed by atoms with van der Waals surface area (Å²) >= 11 is 5.35. The molecule has 4 rings (SSSR count). The third-order valence-electron chi connectivity index (χ3n) is 5.12. The molecule has 1 unspecified atom stereocenters. The Labute approximate surface area is 183 Å². The smallest absolute Gasteiger partial charge is 0.233 e. The van der Waals surface area contributed by atoms with Gasteiger partial charge in [-0.15, -0.1) is 11.3 Å². The molecule has 0 bridgehead atoms. The fraction of sp³-hybridized carbons (Fsp3) is 0.429. The molecule has 152 valence electrons.